The van der Waals surface area contributed by atoms with Crippen molar-refractivity contribution in [2.45, 2.75) is 333 Å². The number of benzene rings is 4. The zero-order valence-corrected chi connectivity index (χ0v) is 57.9. The largest absolute Gasteiger partial charge is 0.368 e. The molecule has 2 aliphatic heterocycles. The van der Waals surface area contributed by atoms with Gasteiger partial charge < -0.3 is 10.4 Å². The van der Waals surface area contributed by atoms with E-state index in [1.807, 2.05) is 0 Å². The van der Waals surface area contributed by atoms with Gasteiger partial charge in [0, 0.05) is 30.9 Å². The van der Waals surface area contributed by atoms with Gasteiger partial charge in [-0.05, 0) is 106 Å². The number of carbonyl (C=O) groups excluding carboxylic acids is 1. The molecular weight excluding hydrogens is 1180 g/mol. The first-order chi connectivity index (χ1) is 42.2. The molecule has 2 aliphatic carbocycles. The highest BCUT2D eigenvalue weighted by molar-refractivity contribution is 9.10. The number of rotatable bonds is 46. The molecule has 0 aromatic heterocycles. The van der Waals surface area contributed by atoms with E-state index in [9.17, 15) is 9.90 Å². The Balaban J connectivity index is 1.06. The standard InChI is InChI=1S/C80H116Br2N2O2/c1-5-9-13-17-21-25-29-33-37-41-53-79(54-42-38-34-30-26-22-18-14-10-6-2)69-57-61(45-49-65(69)67-51-47-63(81)59-71(67)79)75-73-74(78(86)83-75)76(84-77(73)85)62-46-50-66-68-52-48-64(82)60-72(68)80(70(66)58-62,55-43-39-35-31-27-23-19-15-11-7-3)56-44-40-36-32-28-24-20-16-12-8-4/h45-52,57-60,75,77,85H,5-44,53-56H2,1-4H3,(H,83,86). The van der Waals surface area contributed by atoms with Crippen LogP contribution in [-0.2, 0) is 15.6 Å². The average Bonchev–Trinajstić information content (AvgIpc) is 1.60. The summed E-state index contributed by atoms with van der Waals surface area (Å²) in [4.78, 5) is 19.9. The summed E-state index contributed by atoms with van der Waals surface area (Å²) in [6.07, 6.45) is 56.5. The Hall–Kier alpha value is -3.32. The topological polar surface area (TPSA) is 61.7 Å². The average molecular weight is 1300 g/mol. The number of unbranched alkanes of at least 4 members (excludes halogenated alkanes) is 36. The van der Waals surface area contributed by atoms with Gasteiger partial charge in [-0.15, -0.1) is 0 Å². The van der Waals surface area contributed by atoms with Gasteiger partial charge in [0.2, 0.25) is 0 Å². The van der Waals surface area contributed by atoms with Crippen LogP contribution in [0, 0.1) is 0 Å². The second kappa shape index (κ2) is 36.5. The van der Waals surface area contributed by atoms with Crippen molar-refractivity contribution in [1.29, 1.82) is 0 Å². The Morgan fingerprint density at radius 1 is 0.395 bits per heavy atom. The Labute approximate surface area is 541 Å². The first-order valence-electron chi connectivity index (χ1n) is 36.4. The maximum absolute atomic E-state index is 14.8. The van der Waals surface area contributed by atoms with Crippen molar-refractivity contribution in [3.05, 3.63) is 126 Å². The third-order valence-corrected chi connectivity index (χ3v) is 22.0. The first-order valence-corrected chi connectivity index (χ1v) is 38.0. The van der Waals surface area contributed by atoms with Crippen molar-refractivity contribution in [1.82, 2.24) is 5.32 Å². The Kier molecular flexibility index (Phi) is 29.1. The summed E-state index contributed by atoms with van der Waals surface area (Å²) in [6, 6.07) is 27.6. The van der Waals surface area contributed by atoms with Gasteiger partial charge in [-0.2, -0.15) is 0 Å². The Morgan fingerprint density at radius 2 is 0.698 bits per heavy atom. The molecule has 0 spiro atoms. The van der Waals surface area contributed by atoms with Crippen molar-refractivity contribution >= 4 is 43.5 Å². The molecule has 6 heteroatoms. The van der Waals surface area contributed by atoms with Crippen molar-refractivity contribution in [2.24, 2.45) is 4.99 Å². The van der Waals surface area contributed by atoms with E-state index in [0.29, 0.717) is 16.9 Å². The molecule has 472 valence electrons. The van der Waals surface area contributed by atoms with Crippen LogP contribution < -0.4 is 5.32 Å². The quantitative estimate of drug-likeness (QED) is 0.0433. The lowest BCUT2D eigenvalue weighted by Crippen LogP contribution is -2.29. The van der Waals surface area contributed by atoms with Crippen LogP contribution in [0.1, 0.15) is 350 Å². The predicted octanol–water partition coefficient (Wildman–Crippen LogP) is 25.3. The van der Waals surface area contributed by atoms with E-state index >= 15 is 0 Å². The lowest BCUT2D eigenvalue weighted by atomic mass is 9.70. The van der Waals surface area contributed by atoms with Gasteiger partial charge in [-0.25, -0.2) is 4.99 Å². The minimum absolute atomic E-state index is 0.119. The zero-order valence-electron chi connectivity index (χ0n) is 54.8. The van der Waals surface area contributed by atoms with Crippen molar-refractivity contribution < 1.29 is 9.90 Å². The molecule has 86 heavy (non-hydrogen) atoms. The summed E-state index contributed by atoms with van der Waals surface area (Å²) in [7, 11) is 0. The maximum Gasteiger partial charge on any atom is 0.254 e. The molecule has 0 saturated heterocycles. The van der Waals surface area contributed by atoms with Crippen molar-refractivity contribution in [3.63, 3.8) is 0 Å². The summed E-state index contributed by atoms with van der Waals surface area (Å²) >= 11 is 7.91. The van der Waals surface area contributed by atoms with E-state index in [1.54, 1.807) is 0 Å². The number of amides is 1. The third-order valence-electron chi connectivity index (χ3n) is 21.0. The lowest BCUT2D eigenvalue weighted by molar-refractivity contribution is -0.116. The van der Waals surface area contributed by atoms with Crippen LogP contribution in [0.4, 0.5) is 0 Å². The van der Waals surface area contributed by atoms with E-state index in [0.717, 1.165) is 45.8 Å². The second-order valence-electron chi connectivity index (χ2n) is 27.4. The number of fused-ring (bicyclic) bond motifs is 6. The molecule has 4 aromatic carbocycles. The molecule has 0 saturated carbocycles. The molecule has 0 fully saturated rings. The van der Waals surface area contributed by atoms with Crippen molar-refractivity contribution in [2.75, 3.05) is 0 Å². The molecule has 1 amide bonds. The van der Waals surface area contributed by atoms with Crippen LogP contribution >= 0.6 is 31.9 Å². The molecule has 4 aromatic rings. The van der Waals surface area contributed by atoms with Crippen LogP contribution in [0.15, 0.2) is 97.9 Å². The Bertz CT molecular complexity index is 2720. The minimum Gasteiger partial charge on any atom is -0.368 e. The summed E-state index contributed by atoms with van der Waals surface area (Å²) in [5.74, 6) is -0.121. The smallest absolute Gasteiger partial charge is 0.254 e. The third kappa shape index (κ3) is 18.0. The summed E-state index contributed by atoms with van der Waals surface area (Å²) in [5, 5.41) is 15.8. The molecular formula is C80H116Br2N2O2. The normalized spacial score (nSPS) is 16.8. The SMILES string of the molecule is CCCCCCCCCCCCC1(CCCCCCCCCCCC)c2cc(Br)ccc2-c2ccc(C3=NC(O)C4=C3C(=O)NC4c3ccc4c(c3)C(CCCCCCCCCCCC)(CCCCCCCCCCCC)c3cc(Br)ccc3-4)cc21. The van der Waals surface area contributed by atoms with Gasteiger partial charge in [0.1, 0.15) is 0 Å². The summed E-state index contributed by atoms with van der Waals surface area (Å²) in [6.45, 7) is 9.23. The second-order valence-corrected chi connectivity index (χ2v) is 29.3. The molecule has 8 rings (SSSR count). The highest BCUT2D eigenvalue weighted by atomic mass is 79.9. The van der Waals surface area contributed by atoms with Crippen LogP contribution in [0.3, 0.4) is 0 Å². The van der Waals surface area contributed by atoms with Gasteiger partial charge in [-0.1, -0.05) is 359 Å². The van der Waals surface area contributed by atoms with E-state index in [1.165, 1.54) is 301 Å². The van der Waals surface area contributed by atoms with Gasteiger partial charge in [0.25, 0.3) is 5.91 Å². The lowest BCUT2D eigenvalue weighted by Gasteiger charge is -2.33. The molecule has 2 atom stereocenters. The molecule has 2 heterocycles. The van der Waals surface area contributed by atoms with Gasteiger partial charge in [-0.3, -0.25) is 4.79 Å². The van der Waals surface area contributed by atoms with Crippen LogP contribution in [-0.4, -0.2) is 23.0 Å². The summed E-state index contributed by atoms with van der Waals surface area (Å²) < 4.78 is 2.29. The fourth-order valence-electron chi connectivity index (χ4n) is 16.1. The fraction of sp³-hybridized carbons (Fsp3) is 0.650. The van der Waals surface area contributed by atoms with Crippen LogP contribution in [0.2, 0.25) is 0 Å². The monoisotopic (exact) mass is 1290 g/mol. The number of nitrogens with zero attached hydrogens (tertiary/aromatic N) is 1. The van der Waals surface area contributed by atoms with Crippen LogP contribution in [0.25, 0.3) is 22.3 Å². The number of halogens is 2. The molecule has 2 N–H and O–H groups in total. The molecule has 2 unspecified atom stereocenters. The number of nitrogens with one attached hydrogen (secondary N) is 1. The fourth-order valence-corrected chi connectivity index (χ4v) is 16.8. The Morgan fingerprint density at radius 3 is 1.06 bits per heavy atom. The number of aliphatic hydroxyl groups excluding tert-OH is 1. The highest BCUT2D eigenvalue weighted by Gasteiger charge is 2.48. The number of aliphatic hydroxyl groups is 1. The van der Waals surface area contributed by atoms with Gasteiger partial charge in [0.05, 0.1) is 17.3 Å². The number of carbonyl (C=O) groups is 1. The van der Waals surface area contributed by atoms with Crippen molar-refractivity contribution in [3.8, 4) is 22.3 Å². The van der Waals surface area contributed by atoms with E-state index in [2.05, 4.69) is 138 Å². The number of hydrogen-bond donors (Lipinski definition) is 2. The summed E-state index contributed by atoms with van der Waals surface area (Å²) in [5.41, 5.74) is 14.8. The number of hydrogen-bond acceptors (Lipinski definition) is 3. The predicted molar refractivity (Wildman–Crippen MR) is 377 cm³/mol. The molecule has 4 nitrogen and oxygen atoms in total. The number of aliphatic imine (C=N–C) groups is 1. The van der Waals surface area contributed by atoms with E-state index in [4.69, 9.17) is 4.99 Å². The van der Waals surface area contributed by atoms with Gasteiger partial charge >= 0.3 is 0 Å². The van der Waals surface area contributed by atoms with E-state index in [-0.39, 0.29) is 16.7 Å². The van der Waals surface area contributed by atoms with Crippen LogP contribution in [0.5, 0.6) is 0 Å². The molecule has 0 bridgehead atoms. The molecule has 4 aliphatic rings. The van der Waals surface area contributed by atoms with Gasteiger partial charge in [0.15, 0.2) is 6.23 Å². The maximum atomic E-state index is 14.8. The van der Waals surface area contributed by atoms with E-state index < -0.39 is 12.3 Å². The zero-order chi connectivity index (χ0) is 60.4. The molecule has 0 radical (unpaired) electrons. The first kappa shape index (κ1) is 68.6. The minimum atomic E-state index is -1.10. The highest BCUT2D eigenvalue weighted by Crippen LogP contribution is 2.58.